The number of hydrogen-bond donors (Lipinski definition) is 2. The number of nitrogens with zero attached hydrogens (tertiary/aromatic N) is 1. The third kappa shape index (κ3) is 3.04. The van der Waals surface area contributed by atoms with Gasteiger partial charge in [0.2, 0.25) is 17.7 Å². The van der Waals surface area contributed by atoms with Gasteiger partial charge in [0.05, 0.1) is 26.1 Å². The minimum atomic E-state index is -1.31. The van der Waals surface area contributed by atoms with Gasteiger partial charge in [-0.3, -0.25) is 24.6 Å². The Morgan fingerprint density at radius 2 is 1.79 bits per heavy atom. The van der Waals surface area contributed by atoms with Gasteiger partial charge in [-0.1, -0.05) is 17.7 Å². The molecule has 0 radical (unpaired) electrons. The summed E-state index contributed by atoms with van der Waals surface area (Å²) >= 11 is 6.22. The molecule has 0 bridgehead atoms. The number of ether oxygens (including phenoxy) is 2. The molecule has 2 saturated heterocycles. The lowest BCUT2D eigenvalue weighted by atomic mass is 9.76. The standard InChI is InChI=1S/C24H24ClN3O5/c1-12-19-20(24(27-12)15-11-14(25)5-6-16(15)26-23(24)31)22(30)28(21(19)29)9-8-13-4-7-17(32-2)18(10-13)33-3/h4-7,10-12,19-20,27H,8-9H2,1-3H3,(H,26,31)/t12?,19-,20+,24?/m0/s1. The van der Waals surface area contributed by atoms with Crippen molar-refractivity contribution in [2.24, 2.45) is 11.8 Å². The van der Waals surface area contributed by atoms with Crippen LogP contribution in [-0.2, 0) is 26.3 Å². The van der Waals surface area contributed by atoms with E-state index in [1.807, 2.05) is 19.1 Å². The first-order valence-corrected chi connectivity index (χ1v) is 11.1. The molecule has 0 aliphatic carbocycles. The van der Waals surface area contributed by atoms with Crippen LogP contribution >= 0.6 is 11.6 Å². The van der Waals surface area contributed by atoms with Gasteiger partial charge in [-0.25, -0.2) is 0 Å². The Balaban J connectivity index is 1.45. The van der Waals surface area contributed by atoms with Crippen LogP contribution in [0.3, 0.4) is 0 Å². The van der Waals surface area contributed by atoms with Crippen molar-refractivity contribution >= 4 is 35.0 Å². The maximum atomic E-state index is 13.6. The van der Waals surface area contributed by atoms with Gasteiger partial charge in [-0.15, -0.1) is 0 Å². The normalized spacial score (nSPS) is 27.7. The number of anilines is 1. The Bertz CT molecular complexity index is 1180. The van der Waals surface area contributed by atoms with E-state index < -0.39 is 17.4 Å². The van der Waals surface area contributed by atoms with E-state index >= 15 is 0 Å². The van der Waals surface area contributed by atoms with E-state index in [1.54, 1.807) is 38.5 Å². The summed E-state index contributed by atoms with van der Waals surface area (Å²) in [5.74, 6) is -1.20. The number of fused-ring (bicyclic) bond motifs is 4. The number of imide groups is 1. The number of halogens is 1. The highest BCUT2D eigenvalue weighted by Crippen LogP contribution is 2.53. The second-order valence-electron chi connectivity index (χ2n) is 8.66. The summed E-state index contributed by atoms with van der Waals surface area (Å²) in [4.78, 5) is 41.4. The molecule has 2 aromatic carbocycles. The summed E-state index contributed by atoms with van der Waals surface area (Å²) in [6.45, 7) is 2.05. The lowest BCUT2D eigenvalue weighted by Gasteiger charge is -2.29. The van der Waals surface area contributed by atoms with Crippen LogP contribution < -0.4 is 20.1 Å². The van der Waals surface area contributed by atoms with E-state index in [0.29, 0.717) is 34.2 Å². The number of carbonyl (C=O) groups is 3. The zero-order valence-electron chi connectivity index (χ0n) is 18.5. The first-order chi connectivity index (χ1) is 15.8. The number of carbonyl (C=O) groups excluding carboxylic acids is 3. The number of amides is 3. The smallest absolute Gasteiger partial charge is 0.250 e. The number of benzene rings is 2. The maximum absolute atomic E-state index is 13.6. The molecule has 9 heteroatoms. The number of methoxy groups -OCH3 is 2. The van der Waals surface area contributed by atoms with Crippen molar-refractivity contribution in [3.8, 4) is 11.5 Å². The summed E-state index contributed by atoms with van der Waals surface area (Å²) in [5.41, 5.74) is 0.813. The zero-order valence-corrected chi connectivity index (χ0v) is 19.2. The lowest BCUT2D eigenvalue weighted by molar-refractivity contribution is -0.142. The van der Waals surface area contributed by atoms with Crippen molar-refractivity contribution in [1.29, 1.82) is 0 Å². The molecule has 2 unspecified atom stereocenters. The Kier molecular flexibility index (Phi) is 5.10. The van der Waals surface area contributed by atoms with E-state index in [1.165, 1.54) is 4.90 Å². The molecule has 3 amide bonds. The average molecular weight is 470 g/mol. The number of nitrogens with one attached hydrogen (secondary N) is 2. The highest BCUT2D eigenvalue weighted by atomic mass is 35.5. The summed E-state index contributed by atoms with van der Waals surface area (Å²) in [5, 5.41) is 6.59. The molecule has 172 valence electrons. The van der Waals surface area contributed by atoms with Gasteiger partial charge in [0.25, 0.3) is 0 Å². The van der Waals surface area contributed by atoms with Crippen molar-refractivity contribution in [3.63, 3.8) is 0 Å². The molecule has 2 fully saturated rings. The fourth-order valence-corrected chi connectivity index (χ4v) is 5.66. The second kappa shape index (κ2) is 7.74. The zero-order chi connectivity index (χ0) is 23.5. The van der Waals surface area contributed by atoms with Crippen LogP contribution in [0.1, 0.15) is 18.1 Å². The lowest BCUT2D eigenvalue weighted by Crippen LogP contribution is -2.53. The number of hydrogen-bond acceptors (Lipinski definition) is 6. The second-order valence-corrected chi connectivity index (χ2v) is 9.09. The van der Waals surface area contributed by atoms with Crippen molar-refractivity contribution in [3.05, 3.63) is 52.5 Å². The Morgan fingerprint density at radius 3 is 2.52 bits per heavy atom. The molecule has 3 heterocycles. The summed E-state index contributed by atoms with van der Waals surface area (Å²) < 4.78 is 10.6. The molecule has 2 N–H and O–H groups in total. The predicted molar refractivity (Wildman–Crippen MR) is 121 cm³/mol. The van der Waals surface area contributed by atoms with Crippen molar-refractivity contribution in [1.82, 2.24) is 10.2 Å². The molecule has 4 atom stereocenters. The molecule has 33 heavy (non-hydrogen) atoms. The fourth-order valence-electron chi connectivity index (χ4n) is 5.49. The van der Waals surface area contributed by atoms with Crippen molar-refractivity contribution < 1.29 is 23.9 Å². The summed E-state index contributed by atoms with van der Waals surface area (Å²) in [6.07, 6.45) is 0.459. The first kappa shape index (κ1) is 21.7. The Labute approximate surface area is 196 Å². The highest BCUT2D eigenvalue weighted by Gasteiger charge is 2.69. The van der Waals surface area contributed by atoms with Crippen LogP contribution in [0.2, 0.25) is 5.02 Å². The van der Waals surface area contributed by atoms with Crippen LogP contribution in [0.25, 0.3) is 0 Å². The highest BCUT2D eigenvalue weighted by molar-refractivity contribution is 6.31. The molecule has 0 aromatic heterocycles. The van der Waals surface area contributed by atoms with Crippen LogP contribution in [0.15, 0.2) is 36.4 Å². The van der Waals surface area contributed by atoms with E-state index in [0.717, 1.165) is 5.56 Å². The fraction of sp³-hybridized carbons (Fsp3) is 0.375. The van der Waals surface area contributed by atoms with E-state index in [2.05, 4.69) is 10.6 Å². The molecule has 8 nitrogen and oxygen atoms in total. The maximum Gasteiger partial charge on any atom is 0.250 e. The van der Waals surface area contributed by atoms with Crippen molar-refractivity contribution in [2.75, 3.05) is 26.1 Å². The SMILES string of the molecule is COc1ccc(CCN2C(=O)[C@H]3C(C)NC4(C(=O)Nc5ccc(Cl)cc54)[C@H]3C2=O)cc1OC. The number of rotatable bonds is 5. The summed E-state index contributed by atoms with van der Waals surface area (Å²) in [7, 11) is 3.12. The molecular weight excluding hydrogens is 446 g/mol. The molecular formula is C24H24ClN3O5. The minimum absolute atomic E-state index is 0.215. The third-order valence-corrected chi connectivity index (χ3v) is 7.22. The Hall–Kier alpha value is -3.10. The monoisotopic (exact) mass is 469 g/mol. The quantitative estimate of drug-likeness (QED) is 0.652. The van der Waals surface area contributed by atoms with Crippen LogP contribution in [-0.4, -0.2) is 49.4 Å². The topological polar surface area (TPSA) is 97.0 Å². The predicted octanol–water partition coefficient (Wildman–Crippen LogP) is 2.34. The van der Waals surface area contributed by atoms with E-state index in [9.17, 15) is 14.4 Å². The molecule has 0 saturated carbocycles. The third-order valence-electron chi connectivity index (χ3n) is 6.99. The summed E-state index contributed by atoms with van der Waals surface area (Å²) in [6, 6.07) is 10.3. The van der Waals surface area contributed by atoms with Gasteiger partial charge >= 0.3 is 0 Å². The van der Waals surface area contributed by atoms with Gasteiger partial charge in [0, 0.05) is 28.9 Å². The minimum Gasteiger partial charge on any atom is -0.493 e. The van der Waals surface area contributed by atoms with Crippen LogP contribution in [0, 0.1) is 11.8 Å². The molecule has 1 spiro atoms. The van der Waals surface area contributed by atoms with Crippen LogP contribution in [0.4, 0.5) is 5.69 Å². The van der Waals surface area contributed by atoms with Gasteiger partial charge in [-0.2, -0.15) is 0 Å². The molecule has 2 aromatic rings. The van der Waals surface area contributed by atoms with E-state index in [4.69, 9.17) is 21.1 Å². The van der Waals surface area contributed by atoms with Crippen molar-refractivity contribution in [2.45, 2.75) is 24.9 Å². The molecule has 3 aliphatic heterocycles. The van der Waals surface area contributed by atoms with Crippen LogP contribution in [0.5, 0.6) is 11.5 Å². The molecule has 5 rings (SSSR count). The van der Waals surface area contributed by atoms with Gasteiger partial charge < -0.3 is 14.8 Å². The van der Waals surface area contributed by atoms with Gasteiger partial charge in [0.15, 0.2) is 11.5 Å². The Morgan fingerprint density at radius 1 is 1.03 bits per heavy atom. The van der Waals surface area contributed by atoms with Gasteiger partial charge in [-0.05, 0) is 49.2 Å². The number of likely N-dealkylation sites (tertiary alicyclic amines) is 1. The largest absolute Gasteiger partial charge is 0.493 e. The molecule has 3 aliphatic rings. The average Bonchev–Trinajstić information content (AvgIpc) is 3.36. The van der Waals surface area contributed by atoms with E-state index in [-0.39, 0.29) is 30.3 Å². The van der Waals surface area contributed by atoms with Gasteiger partial charge in [0.1, 0.15) is 5.54 Å². The first-order valence-electron chi connectivity index (χ1n) is 10.8.